The fraction of sp³-hybridized carbons (Fsp3) is 0.333. The maximum Gasteiger partial charge on any atom is 0.407 e. The predicted octanol–water partition coefficient (Wildman–Crippen LogP) is 4.02. The van der Waals surface area contributed by atoms with E-state index in [1.54, 1.807) is 0 Å². The second-order valence-electron chi connectivity index (χ2n) is 7.21. The number of carbonyl (C=O) groups excluding carboxylic acids is 1. The highest BCUT2D eigenvalue weighted by Crippen LogP contribution is 2.44. The van der Waals surface area contributed by atoms with Crippen LogP contribution in [0.5, 0.6) is 0 Å². The summed E-state index contributed by atoms with van der Waals surface area (Å²) in [5, 5.41) is 10.9. The average Bonchev–Trinajstić information content (AvgIpc) is 3.47. The zero-order chi connectivity index (χ0) is 19.9. The van der Waals surface area contributed by atoms with E-state index in [0.29, 0.717) is 12.8 Å². The molecule has 5 nitrogen and oxygen atoms in total. The van der Waals surface area contributed by atoms with Gasteiger partial charge in [-0.2, -0.15) is 8.78 Å². The van der Waals surface area contributed by atoms with Crippen LogP contribution in [0.2, 0.25) is 0 Å². The summed E-state index contributed by atoms with van der Waals surface area (Å²) in [6.07, 6.45) is -0.117. The summed E-state index contributed by atoms with van der Waals surface area (Å²) >= 11 is 0. The van der Waals surface area contributed by atoms with Gasteiger partial charge in [0.05, 0.1) is 0 Å². The van der Waals surface area contributed by atoms with Crippen LogP contribution in [-0.4, -0.2) is 35.7 Å². The number of ether oxygens (including phenoxy) is 1. The van der Waals surface area contributed by atoms with E-state index in [0.717, 1.165) is 22.3 Å². The minimum Gasteiger partial charge on any atom is -0.477 e. The molecule has 0 saturated heterocycles. The first-order valence-corrected chi connectivity index (χ1v) is 9.12. The molecule has 28 heavy (non-hydrogen) atoms. The van der Waals surface area contributed by atoms with E-state index in [2.05, 4.69) is 5.32 Å². The van der Waals surface area contributed by atoms with E-state index in [9.17, 15) is 18.4 Å². The molecule has 0 spiro atoms. The second kappa shape index (κ2) is 6.89. The Bertz CT molecular complexity index is 881. The zero-order valence-electron chi connectivity index (χ0n) is 14.9. The van der Waals surface area contributed by atoms with Crippen molar-refractivity contribution in [3.05, 3.63) is 59.7 Å². The largest absolute Gasteiger partial charge is 0.477 e. The van der Waals surface area contributed by atoms with Gasteiger partial charge in [-0.1, -0.05) is 48.5 Å². The lowest BCUT2D eigenvalue weighted by Gasteiger charge is -2.24. The van der Waals surface area contributed by atoms with Crippen molar-refractivity contribution >= 4 is 12.1 Å². The lowest BCUT2D eigenvalue weighted by molar-refractivity contribution is -0.170. The van der Waals surface area contributed by atoms with Gasteiger partial charge < -0.3 is 15.2 Å². The van der Waals surface area contributed by atoms with Crippen molar-refractivity contribution < 1.29 is 28.2 Å². The first-order valence-electron chi connectivity index (χ1n) is 9.12. The third-order valence-electron chi connectivity index (χ3n) is 5.39. The van der Waals surface area contributed by atoms with Crippen LogP contribution in [0, 0.1) is 5.92 Å². The van der Waals surface area contributed by atoms with E-state index in [-0.39, 0.29) is 12.5 Å². The Morgan fingerprint density at radius 3 is 2.11 bits per heavy atom. The molecule has 1 fully saturated rings. The summed E-state index contributed by atoms with van der Waals surface area (Å²) in [6, 6.07) is 13.8. The Hall–Kier alpha value is -2.96. The minimum absolute atomic E-state index is 0.0180. The number of hydrogen-bond donors (Lipinski definition) is 2. The minimum atomic E-state index is -4.03. The number of halogens is 2. The number of carboxylic acid groups (broad SMARTS) is 1. The van der Waals surface area contributed by atoms with E-state index < -0.39 is 29.9 Å². The van der Waals surface area contributed by atoms with Gasteiger partial charge in [-0.25, -0.2) is 9.59 Å². The van der Waals surface area contributed by atoms with Crippen LogP contribution in [0.15, 0.2) is 48.5 Å². The van der Waals surface area contributed by atoms with Gasteiger partial charge in [-0.05, 0) is 41.0 Å². The van der Waals surface area contributed by atoms with Crippen molar-refractivity contribution in [2.45, 2.75) is 30.7 Å². The number of rotatable bonds is 6. The first kappa shape index (κ1) is 18.4. The molecule has 0 aromatic heterocycles. The number of nitrogens with one attached hydrogen (secondary N) is 1. The van der Waals surface area contributed by atoms with Gasteiger partial charge in [-0.15, -0.1) is 0 Å². The van der Waals surface area contributed by atoms with Crippen molar-refractivity contribution in [2.75, 3.05) is 6.61 Å². The fourth-order valence-electron chi connectivity index (χ4n) is 3.83. The molecule has 0 bridgehead atoms. The first-order chi connectivity index (χ1) is 13.4. The fourth-order valence-corrected chi connectivity index (χ4v) is 3.83. The number of aliphatic carboxylic acids is 1. The average molecular weight is 387 g/mol. The number of fused-ring (bicyclic) bond motifs is 3. The lowest BCUT2D eigenvalue weighted by atomic mass is 9.98. The molecule has 0 aliphatic heterocycles. The van der Waals surface area contributed by atoms with Crippen LogP contribution in [0.4, 0.5) is 13.6 Å². The quantitative estimate of drug-likeness (QED) is 0.785. The van der Waals surface area contributed by atoms with Crippen LogP contribution in [0.1, 0.15) is 29.9 Å². The Balaban J connectivity index is 1.47. The predicted molar refractivity (Wildman–Crippen MR) is 97.3 cm³/mol. The van der Waals surface area contributed by atoms with Crippen molar-refractivity contribution in [2.24, 2.45) is 5.92 Å². The van der Waals surface area contributed by atoms with Crippen LogP contribution in [-0.2, 0) is 9.53 Å². The van der Waals surface area contributed by atoms with Crippen molar-refractivity contribution in [1.29, 1.82) is 0 Å². The molecule has 4 rings (SSSR count). The number of alkyl halides is 2. The number of hydrogen-bond acceptors (Lipinski definition) is 3. The maximum atomic E-state index is 13.9. The SMILES string of the molecule is O=C(NC(C1CC1)C(F)(F)C(=O)O)OCC1c2ccccc2-c2ccccc21. The van der Waals surface area contributed by atoms with Crippen molar-refractivity contribution in [3.63, 3.8) is 0 Å². The summed E-state index contributed by atoms with van der Waals surface area (Å²) in [5.74, 6) is -7.03. The van der Waals surface area contributed by atoms with Crippen LogP contribution < -0.4 is 5.32 Å². The smallest absolute Gasteiger partial charge is 0.407 e. The molecule has 1 atom stereocenters. The zero-order valence-corrected chi connectivity index (χ0v) is 14.9. The van der Waals surface area contributed by atoms with E-state index in [4.69, 9.17) is 9.84 Å². The summed E-state index contributed by atoms with van der Waals surface area (Å²) in [6.45, 7) is -0.0180. The highest BCUT2D eigenvalue weighted by Gasteiger charge is 2.55. The lowest BCUT2D eigenvalue weighted by Crippen LogP contribution is -2.53. The highest BCUT2D eigenvalue weighted by atomic mass is 19.3. The molecule has 2 aromatic rings. The summed E-state index contributed by atoms with van der Waals surface area (Å²) < 4.78 is 33.1. The normalized spacial score (nSPS) is 16.8. The molecule has 2 aliphatic carbocycles. The van der Waals surface area contributed by atoms with E-state index in [1.807, 2.05) is 48.5 Å². The Morgan fingerprint density at radius 1 is 1.07 bits per heavy atom. The molecule has 1 unspecified atom stereocenters. The summed E-state index contributed by atoms with van der Waals surface area (Å²) in [4.78, 5) is 23.1. The van der Waals surface area contributed by atoms with Gasteiger partial charge in [0.25, 0.3) is 0 Å². The van der Waals surface area contributed by atoms with Gasteiger partial charge in [0, 0.05) is 5.92 Å². The standard InChI is InChI=1S/C21H19F2NO4/c22-21(23,19(25)26)18(12-9-10-12)24-20(27)28-11-17-15-7-3-1-5-13(15)14-6-2-4-8-16(14)17/h1-8,12,17-18H,9-11H2,(H,24,27)(H,25,26). The number of alkyl carbamates (subject to hydrolysis) is 1. The molecule has 1 saturated carbocycles. The molecular weight excluding hydrogens is 368 g/mol. The molecule has 0 heterocycles. The molecule has 0 radical (unpaired) electrons. The summed E-state index contributed by atoms with van der Waals surface area (Å²) in [7, 11) is 0. The third kappa shape index (κ3) is 3.21. The number of amides is 1. The number of carbonyl (C=O) groups is 2. The summed E-state index contributed by atoms with van der Waals surface area (Å²) in [5.41, 5.74) is 4.12. The molecule has 7 heteroatoms. The van der Waals surface area contributed by atoms with Gasteiger partial charge >= 0.3 is 18.0 Å². The van der Waals surface area contributed by atoms with Crippen LogP contribution in [0.3, 0.4) is 0 Å². The second-order valence-corrected chi connectivity index (χ2v) is 7.21. The third-order valence-corrected chi connectivity index (χ3v) is 5.39. The Morgan fingerprint density at radius 2 is 1.61 bits per heavy atom. The van der Waals surface area contributed by atoms with E-state index >= 15 is 0 Å². The van der Waals surface area contributed by atoms with Crippen LogP contribution >= 0.6 is 0 Å². The Kier molecular flexibility index (Phi) is 4.53. The van der Waals surface area contributed by atoms with Gasteiger partial charge in [-0.3, -0.25) is 0 Å². The monoisotopic (exact) mass is 387 g/mol. The molecule has 2 aliphatic rings. The van der Waals surface area contributed by atoms with Crippen molar-refractivity contribution in [1.82, 2.24) is 5.32 Å². The molecule has 2 aromatic carbocycles. The number of carboxylic acids is 1. The molecular formula is C21H19F2NO4. The Labute approximate surface area is 160 Å². The molecule has 2 N–H and O–H groups in total. The van der Waals surface area contributed by atoms with Crippen LogP contribution in [0.25, 0.3) is 11.1 Å². The maximum absolute atomic E-state index is 13.9. The molecule has 1 amide bonds. The van der Waals surface area contributed by atoms with Gasteiger partial charge in [0.2, 0.25) is 0 Å². The van der Waals surface area contributed by atoms with Gasteiger partial charge in [0.1, 0.15) is 12.6 Å². The van der Waals surface area contributed by atoms with E-state index in [1.165, 1.54) is 0 Å². The van der Waals surface area contributed by atoms with Gasteiger partial charge in [0.15, 0.2) is 0 Å². The topological polar surface area (TPSA) is 75.6 Å². The molecule has 146 valence electrons. The number of benzene rings is 2. The van der Waals surface area contributed by atoms with Crippen molar-refractivity contribution in [3.8, 4) is 11.1 Å². The highest BCUT2D eigenvalue weighted by molar-refractivity contribution is 5.80.